The maximum atomic E-state index is 12.7. The molecule has 0 spiro atoms. The molecule has 0 aliphatic heterocycles. The minimum Gasteiger partial charge on any atom is -0.497 e. The van der Waals surface area contributed by atoms with Crippen LogP contribution in [0.1, 0.15) is 35.8 Å². The molecule has 0 atom stereocenters. The molecule has 5 heteroatoms. The van der Waals surface area contributed by atoms with Crippen LogP contribution in [0, 0.1) is 0 Å². The van der Waals surface area contributed by atoms with Crippen LogP contribution in [0.2, 0.25) is 0 Å². The van der Waals surface area contributed by atoms with E-state index in [0.717, 1.165) is 28.4 Å². The van der Waals surface area contributed by atoms with Gasteiger partial charge in [-0.1, -0.05) is 38.1 Å². The highest BCUT2D eigenvalue weighted by molar-refractivity contribution is 6.03. The molecule has 1 amide bonds. The third-order valence-corrected chi connectivity index (χ3v) is 4.18. The summed E-state index contributed by atoms with van der Waals surface area (Å²) in [4.78, 5) is 16.9. The number of para-hydroxylation sites is 1. The first-order valence-corrected chi connectivity index (χ1v) is 8.84. The summed E-state index contributed by atoms with van der Waals surface area (Å²) in [5.74, 6) is 0.838. The molecular weight excluding hydrogens is 338 g/mol. The summed E-state index contributed by atoms with van der Waals surface area (Å²) in [6.07, 6.45) is 1.62. The SMILES string of the molecule is COc1cccc(Nc2ccnc(C(=O)Nc3ccccc3C(C)C)c2)c1. The number of rotatable bonds is 6. The maximum Gasteiger partial charge on any atom is 0.274 e. The van der Waals surface area contributed by atoms with Crippen molar-refractivity contribution in [3.63, 3.8) is 0 Å². The summed E-state index contributed by atoms with van der Waals surface area (Å²) in [7, 11) is 1.63. The van der Waals surface area contributed by atoms with Gasteiger partial charge in [-0.3, -0.25) is 9.78 Å². The molecular formula is C22H23N3O2. The minimum absolute atomic E-state index is 0.239. The lowest BCUT2D eigenvalue weighted by atomic mass is 10.0. The number of amides is 1. The number of hydrogen-bond donors (Lipinski definition) is 2. The van der Waals surface area contributed by atoms with Crippen molar-refractivity contribution in [2.75, 3.05) is 17.7 Å². The van der Waals surface area contributed by atoms with Gasteiger partial charge in [0.05, 0.1) is 7.11 Å². The third kappa shape index (κ3) is 4.64. The Hall–Kier alpha value is -3.34. The fraction of sp³-hybridized carbons (Fsp3) is 0.182. The molecule has 0 unspecified atom stereocenters. The van der Waals surface area contributed by atoms with Crippen molar-refractivity contribution in [2.45, 2.75) is 19.8 Å². The number of carbonyl (C=O) groups excluding carboxylic acids is 1. The van der Waals surface area contributed by atoms with E-state index in [1.165, 1.54) is 0 Å². The number of nitrogens with one attached hydrogen (secondary N) is 2. The quantitative estimate of drug-likeness (QED) is 0.633. The molecule has 27 heavy (non-hydrogen) atoms. The van der Waals surface area contributed by atoms with Crippen LogP contribution >= 0.6 is 0 Å². The van der Waals surface area contributed by atoms with E-state index in [4.69, 9.17) is 4.74 Å². The topological polar surface area (TPSA) is 63.2 Å². The molecule has 2 N–H and O–H groups in total. The lowest BCUT2D eigenvalue weighted by Crippen LogP contribution is -2.15. The second-order valence-electron chi connectivity index (χ2n) is 6.48. The molecule has 1 heterocycles. The van der Waals surface area contributed by atoms with Crippen LogP contribution in [0.5, 0.6) is 5.75 Å². The fourth-order valence-electron chi connectivity index (χ4n) is 2.80. The van der Waals surface area contributed by atoms with E-state index < -0.39 is 0 Å². The van der Waals surface area contributed by atoms with Gasteiger partial charge in [0.1, 0.15) is 11.4 Å². The molecule has 3 rings (SSSR count). The van der Waals surface area contributed by atoms with Gasteiger partial charge in [0.25, 0.3) is 5.91 Å². The lowest BCUT2D eigenvalue weighted by Gasteiger charge is -2.14. The molecule has 1 aromatic heterocycles. The van der Waals surface area contributed by atoms with Crippen molar-refractivity contribution in [1.82, 2.24) is 4.98 Å². The second-order valence-corrected chi connectivity index (χ2v) is 6.48. The van der Waals surface area contributed by atoms with Crippen LogP contribution in [0.25, 0.3) is 0 Å². The number of aromatic nitrogens is 1. The van der Waals surface area contributed by atoms with Gasteiger partial charge in [0.15, 0.2) is 0 Å². The van der Waals surface area contributed by atoms with Gasteiger partial charge in [-0.05, 0) is 41.8 Å². The van der Waals surface area contributed by atoms with Crippen molar-refractivity contribution in [1.29, 1.82) is 0 Å². The maximum absolute atomic E-state index is 12.7. The average molecular weight is 361 g/mol. The zero-order valence-electron chi connectivity index (χ0n) is 15.7. The van der Waals surface area contributed by atoms with Crippen LogP contribution in [0.4, 0.5) is 17.1 Å². The number of ether oxygens (including phenoxy) is 1. The highest BCUT2D eigenvalue weighted by atomic mass is 16.5. The molecule has 0 aliphatic carbocycles. The van der Waals surface area contributed by atoms with Gasteiger partial charge < -0.3 is 15.4 Å². The number of methoxy groups -OCH3 is 1. The summed E-state index contributed by atoms with van der Waals surface area (Å²) in [5.41, 5.74) is 3.90. The number of carbonyl (C=O) groups is 1. The number of pyridine rings is 1. The van der Waals surface area contributed by atoms with E-state index in [1.54, 1.807) is 19.4 Å². The fourth-order valence-corrected chi connectivity index (χ4v) is 2.80. The zero-order chi connectivity index (χ0) is 19.2. The van der Waals surface area contributed by atoms with E-state index in [-0.39, 0.29) is 5.91 Å². The predicted octanol–water partition coefficient (Wildman–Crippen LogP) is 5.21. The molecule has 2 aromatic carbocycles. The molecule has 0 fully saturated rings. The van der Waals surface area contributed by atoms with E-state index in [9.17, 15) is 4.79 Å². The molecule has 138 valence electrons. The molecule has 0 aliphatic rings. The summed E-state index contributed by atoms with van der Waals surface area (Å²) in [5, 5.41) is 6.24. The van der Waals surface area contributed by atoms with E-state index in [0.29, 0.717) is 11.6 Å². The van der Waals surface area contributed by atoms with Crippen molar-refractivity contribution in [3.05, 3.63) is 78.1 Å². The Balaban J connectivity index is 1.78. The third-order valence-electron chi connectivity index (χ3n) is 4.18. The lowest BCUT2D eigenvalue weighted by molar-refractivity contribution is 0.102. The molecule has 0 saturated carbocycles. The zero-order valence-corrected chi connectivity index (χ0v) is 15.7. The van der Waals surface area contributed by atoms with E-state index in [1.807, 2.05) is 54.6 Å². The van der Waals surface area contributed by atoms with Gasteiger partial charge in [-0.2, -0.15) is 0 Å². The molecule has 0 bridgehead atoms. The smallest absolute Gasteiger partial charge is 0.274 e. The van der Waals surface area contributed by atoms with Gasteiger partial charge in [-0.25, -0.2) is 0 Å². The van der Waals surface area contributed by atoms with Crippen molar-refractivity contribution >= 4 is 23.0 Å². The predicted molar refractivity (Wildman–Crippen MR) is 109 cm³/mol. The highest BCUT2D eigenvalue weighted by Gasteiger charge is 2.12. The second kappa shape index (κ2) is 8.36. The van der Waals surface area contributed by atoms with Gasteiger partial charge in [0.2, 0.25) is 0 Å². The Morgan fingerprint density at radius 2 is 1.78 bits per heavy atom. The first-order chi connectivity index (χ1) is 13.1. The summed E-state index contributed by atoms with van der Waals surface area (Å²) >= 11 is 0. The Morgan fingerprint density at radius 1 is 1.00 bits per heavy atom. The monoisotopic (exact) mass is 361 g/mol. The van der Waals surface area contributed by atoms with Crippen LogP contribution in [-0.2, 0) is 0 Å². The largest absolute Gasteiger partial charge is 0.497 e. The molecule has 0 radical (unpaired) electrons. The van der Waals surface area contributed by atoms with Gasteiger partial charge in [-0.15, -0.1) is 0 Å². The van der Waals surface area contributed by atoms with Gasteiger partial charge >= 0.3 is 0 Å². The first-order valence-electron chi connectivity index (χ1n) is 8.84. The van der Waals surface area contributed by atoms with Crippen LogP contribution in [0.3, 0.4) is 0 Å². The van der Waals surface area contributed by atoms with Crippen molar-refractivity contribution in [3.8, 4) is 5.75 Å². The summed E-state index contributed by atoms with van der Waals surface area (Å²) < 4.78 is 5.23. The molecule has 0 saturated heterocycles. The van der Waals surface area contributed by atoms with E-state index >= 15 is 0 Å². The first kappa shape index (κ1) is 18.5. The molecule has 3 aromatic rings. The number of hydrogen-bond acceptors (Lipinski definition) is 4. The van der Waals surface area contributed by atoms with Crippen molar-refractivity contribution in [2.24, 2.45) is 0 Å². The molecule has 5 nitrogen and oxygen atoms in total. The number of nitrogens with zero attached hydrogens (tertiary/aromatic N) is 1. The minimum atomic E-state index is -0.239. The normalized spacial score (nSPS) is 10.5. The summed E-state index contributed by atoms with van der Waals surface area (Å²) in [6, 6.07) is 19.0. The standard InChI is InChI=1S/C22H23N3O2/c1-15(2)19-9-4-5-10-20(19)25-22(26)21-14-17(11-12-23-21)24-16-7-6-8-18(13-16)27-3/h4-15H,1-3H3,(H,23,24)(H,25,26). The van der Waals surface area contributed by atoms with Crippen LogP contribution in [0.15, 0.2) is 66.9 Å². The Bertz CT molecular complexity index is 938. The van der Waals surface area contributed by atoms with Crippen molar-refractivity contribution < 1.29 is 9.53 Å². The van der Waals surface area contributed by atoms with E-state index in [2.05, 4.69) is 29.5 Å². The summed E-state index contributed by atoms with van der Waals surface area (Å²) in [6.45, 7) is 4.20. The highest BCUT2D eigenvalue weighted by Crippen LogP contribution is 2.25. The number of benzene rings is 2. The Labute approximate surface area is 159 Å². The van der Waals surface area contributed by atoms with Crippen LogP contribution in [-0.4, -0.2) is 18.0 Å². The van der Waals surface area contributed by atoms with Gasteiger partial charge in [0, 0.05) is 29.3 Å². The number of anilines is 3. The van der Waals surface area contributed by atoms with Crippen LogP contribution < -0.4 is 15.4 Å². The Kier molecular flexibility index (Phi) is 5.71. The Morgan fingerprint density at radius 3 is 2.56 bits per heavy atom. The average Bonchev–Trinajstić information content (AvgIpc) is 2.68.